The number of hydrogen-bond donors (Lipinski definition) is 1. The summed E-state index contributed by atoms with van der Waals surface area (Å²) < 4.78 is 10.7. The first kappa shape index (κ1) is 16.0. The van der Waals surface area contributed by atoms with Gasteiger partial charge in [-0.1, -0.05) is 37.5 Å². The lowest BCUT2D eigenvalue weighted by molar-refractivity contribution is 0.0951. The molecular formula is C21H23NO3. The van der Waals surface area contributed by atoms with Gasteiger partial charge in [-0.05, 0) is 54.2 Å². The highest BCUT2D eigenvalue weighted by atomic mass is 16.7. The van der Waals surface area contributed by atoms with Crippen LogP contribution in [0.2, 0.25) is 0 Å². The van der Waals surface area contributed by atoms with E-state index in [9.17, 15) is 4.79 Å². The fraction of sp³-hybridized carbons (Fsp3) is 0.381. The first-order valence-corrected chi connectivity index (χ1v) is 9.06. The van der Waals surface area contributed by atoms with Crippen molar-refractivity contribution in [2.45, 2.75) is 44.6 Å². The third kappa shape index (κ3) is 3.63. The van der Waals surface area contributed by atoms with Crippen LogP contribution in [-0.4, -0.2) is 12.7 Å². The predicted octanol–water partition coefficient (Wildman–Crippen LogP) is 4.39. The Morgan fingerprint density at radius 1 is 0.960 bits per heavy atom. The molecule has 1 saturated carbocycles. The van der Waals surface area contributed by atoms with E-state index in [0.717, 1.165) is 17.1 Å². The van der Waals surface area contributed by atoms with Crippen molar-refractivity contribution in [1.29, 1.82) is 0 Å². The van der Waals surface area contributed by atoms with Crippen LogP contribution in [0.3, 0.4) is 0 Å². The Bertz CT molecular complexity index is 748. The molecule has 130 valence electrons. The van der Waals surface area contributed by atoms with Crippen molar-refractivity contribution in [3.63, 3.8) is 0 Å². The molecule has 4 heteroatoms. The van der Waals surface area contributed by atoms with Gasteiger partial charge in [0.2, 0.25) is 6.79 Å². The van der Waals surface area contributed by atoms with Gasteiger partial charge in [0.25, 0.3) is 5.91 Å². The zero-order valence-corrected chi connectivity index (χ0v) is 14.3. The average Bonchev–Trinajstić information content (AvgIpc) is 3.15. The fourth-order valence-electron chi connectivity index (χ4n) is 3.68. The lowest BCUT2D eigenvalue weighted by atomic mass is 9.84. The number of rotatable bonds is 4. The van der Waals surface area contributed by atoms with Gasteiger partial charge in [0.15, 0.2) is 11.5 Å². The van der Waals surface area contributed by atoms with Crippen LogP contribution in [0.15, 0.2) is 42.5 Å². The summed E-state index contributed by atoms with van der Waals surface area (Å²) in [7, 11) is 0. The second-order valence-electron chi connectivity index (χ2n) is 6.83. The zero-order valence-electron chi connectivity index (χ0n) is 14.3. The van der Waals surface area contributed by atoms with Crippen molar-refractivity contribution in [2.24, 2.45) is 0 Å². The summed E-state index contributed by atoms with van der Waals surface area (Å²) in [5.41, 5.74) is 3.07. The number of nitrogens with one attached hydrogen (secondary N) is 1. The lowest BCUT2D eigenvalue weighted by Crippen LogP contribution is -2.22. The Hall–Kier alpha value is -2.49. The molecule has 1 aliphatic heterocycles. The summed E-state index contributed by atoms with van der Waals surface area (Å²) in [6.07, 6.45) is 6.55. The molecule has 25 heavy (non-hydrogen) atoms. The van der Waals surface area contributed by atoms with E-state index in [1.807, 2.05) is 30.3 Å². The van der Waals surface area contributed by atoms with E-state index >= 15 is 0 Å². The van der Waals surface area contributed by atoms with Gasteiger partial charge in [0.05, 0.1) is 0 Å². The number of fused-ring (bicyclic) bond motifs is 1. The van der Waals surface area contributed by atoms with Crippen molar-refractivity contribution in [1.82, 2.24) is 5.32 Å². The first-order valence-electron chi connectivity index (χ1n) is 9.06. The number of benzene rings is 2. The molecule has 4 rings (SSSR count). The summed E-state index contributed by atoms with van der Waals surface area (Å²) in [4.78, 5) is 12.4. The maximum atomic E-state index is 12.4. The fourth-order valence-corrected chi connectivity index (χ4v) is 3.68. The SMILES string of the molecule is O=C(NCc1ccc2c(c1)OCO2)c1ccc(C2CCCCC2)cc1. The largest absolute Gasteiger partial charge is 0.454 e. The van der Waals surface area contributed by atoms with Gasteiger partial charge >= 0.3 is 0 Å². The molecular weight excluding hydrogens is 314 g/mol. The van der Waals surface area contributed by atoms with E-state index in [4.69, 9.17) is 9.47 Å². The van der Waals surface area contributed by atoms with Crippen LogP contribution in [0.5, 0.6) is 11.5 Å². The molecule has 0 spiro atoms. The number of ether oxygens (including phenoxy) is 2. The van der Waals surface area contributed by atoms with E-state index in [0.29, 0.717) is 18.0 Å². The van der Waals surface area contributed by atoms with Crippen LogP contribution >= 0.6 is 0 Å². The summed E-state index contributed by atoms with van der Waals surface area (Å²) >= 11 is 0. The quantitative estimate of drug-likeness (QED) is 0.900. The average molecular weight is 337 g/mol. The smallest absolute Gasteiger partial charge is 0.251 e. The van der Waals surface area contributed by atoms with Crippen molar-refractivity contribution >= 4 is 5.91 Å². The van der Waals surface area contributed by atoms with Crippen LogP contribution in [0.4, 0.5) is 0 Å². The molecule has 1 amide bonds. The molecule has 0 unspecified atom stereocenters. The monoisotopic (exact) mass is 337 g/mol. The molecule has 0 aromatic heterocycles. The molecule has 0 bridgehead atoms. The van der Waals surface area contributed by atoms with Crippen LogP contribution in [0.25, 0.3) is 0 Å². The Balaban J connectivity index is 1.36. The Labute approximate surface area is 148 Å². The van der Waals surface area contributed by atoms with Crippen LogP contribution in [0.1, 0.15) is 59.5 Å². The maximum absolute atomic E-state index is 12.4. The van der Waals surface area contributed by atoms with Gasteiger partial charge < -0.3 is 14.8 Å². The summed E-state index contributed by atoms with van der Waals surface area (Å²) in [5, 5.41) is 2.97. The first-order chi connectivity index (χ1) is 12.3. The standard InChI is InChI=1S/C21H23NO3/c23-21(22-13-15-6-11-19-20(12-15)25-14-24-19)18-9-7-17(8-10-18)16-4-2-1-3-5-16/h6-12,16H,1-5,13-14H2,(H,22,23). The van der Waals surface area contributed by atoms with Gasteiger partial charge in [-0.25, -0.2) is 0 Å². The highest BCUT2D eigenvalue weighted by Gasteiger charge is 2.16. The second-order valence-corrected chi connectivity index (χ2v) is 6.83. The second kappa shape index (κ2) is 7.18. The summed E-state index contributed by atoms with van der Waals surface area (Å²) in [6.45, 7) is 0.734. The number of amides is 1. The molecule has 4 nitrogen and oxygen atoms in total. The third-order valence-electron chi connectivity index (χ3n) is 5.14. The minimum atomic E-state index is -0.0483. The van der Waals surface area contributed by atoms with Crippen molar-refractivity contribution in [3.8, 4) is 11.5 Å². The van der Waals surface area contributed by atoms with Crippen molar-refractivity contribution < 1.29 is 14.3 Å². The van der Waals surface area contributed by atoms with E-state index in [2.05, 4.69) is 17.4 Å². The Morgan fingerprint density at radius 2 is 1.72 bits per heavy atom. The third-order valence-corrected chi connectivity index (χ3v) is 5.14. The van der Waals surface area contributed by atoms with Gasteiger partial charge in [0, 0.05) is 12.1 Å². The normalized spacial score (nSPS) is 16.6. The maximum Gasteiger partial charge on any atom is 0.251 e. The molecule has 1 N–H and O–H groups in total. The van der Waals surface area contributed by atoms with Gasteiger partial charge in [0.1, 0.15) is 0 Å². The van der Waals surface area contributed by atoms with Crippen molar-refractivity contribution in [3.05, 3.63) is 59.2 Å². The molecule has 2 aromatic carbocycles. The molecule has 0 radical (unpaired) electrons. The molecule has 0 saturated heterocycles. The van der Waals surface area contributed by atoms with E-state index < -0.39 is 0 Å². The zero-order chi connectivity index (χ0) is 17.1. The summed E-state index contributed by atoms with van der Waals surface area (Å²) in [5.74, 6) is 2.12. The van der Waals surface area contributed by atoms with Gasteiger partial charge in [-0.15, -0.1) is 0 Å². The van der Waals surface area contributed by atoms with Crippen LogP contribution in [-0.2, 0) is 6.54 Å². The topological polar surface area (TPSA) is 47.6 Å². The minimum Gasteiger partial charge on any atom is -0.454 e. The van der Waals surface area contributed by atoms with Gasteiger partial charge in [-0.3, -0.25) is 4.79 Å². The van der Waals surface area contributed by atoms with E-state index in [1.165, 1.54) is 37.7 Å². The molecule has 1 aliphatic carbocycles. The van der Waals surface area contributed by atoms with Crippen LogP contribution < -0.4 is 14.8 Å². The molecule has 1 heterocycles. The molecule has 2 aromatic rings. The lowest BCUT2D eigenvalue weighted by Gasteiger charge is -2.22. The van der Waals surface area contributed by atoms with Crippen LogP contribution in [0, 0.1) is 0 Å². The number of carbonyl (C=O) groups excluding carboxylic acids is 1. The Kier molecular flexibility index (Phi) is 4.59. The van der Waals surface area contributed by atoms with E-state index in [1.54, 1.807) is 0 Å². The summed E-state index contributed by atoms with van der Waals surface area (Å²) in [6, 6.07) is 13.9. The van der Waals surface area contributed by atoms with Gasteiger partial charge in [-0.2, -0.15) is 0 Å². The molecule has 0 atom stereocenters. The predicted molar refractivity (Wildman–Crippen MR) is 96.0 cm³/mol. The van der Waals surface area contributed by atoms with E-state index in [-0.39, 0.29) is 12.7 Å². The molecule has 2 aliphatic rings. The number of hydrogen-bond acceptors (Lipinski definition) is 3. The minimum absolute atomic E-state index is 0.0483. The van der Waals surface area contributed by atoms with Crippen molar-refractivity contribution in [2.75, 3.05) is 6.79 Å². The molecule has 1 fully saturated rings. The highest BCUT2D eigenvalue weighted by Crippen LogP contribution is 2.33. The highest BCUT2D eigenvalue weighted by molar-refractivity contribution is 5.94. The Morgan fingerprint density at radius 3 is 2.52 bits per heavy atom. The number of carbonyl (C=O) groups is 1.